The van der Waals surface area contributed by atoms with Gasteiger partial charge in [0, 0.05) is 19.2 Å². The summed E-state index contributed by atoms with van der Waals surface area (Å²) in [6.07, 6.45) is 10.1. The normalized spacial score (nSPS) is 20.5. The van der Waals surface area contributed by atoms with E-state index in [9.17, 15) is 4.79 Å². The van der Waals surface area contributed by atoms with E-state index in [1.165, 1.54) is 0 Å². The van der Waals surface area contributed by atoms with E-state index >= 15 is 0 Å². The number of rotatable bonds is 11. The van der Waals surface area contributed by atoms with Crippen molar-refractivity contribution in [3.8, 4) is 0 Å². The topological polar surface area (TPSA) is 54.0 Å². The van der Waals surface area contributed by atoms with E-state index in [-0.39, 0.29) is 29.5 Å². The van der Waals surface area contributed by atoms with E-state index in [0.717, 1.165) is 6.29 Å². The smallest absolute Gasteiger partial charge is 0.461 e. The van der Waals surface area contributed by atoms with Crippen LogP contribution in [0.3, 0.4) is 0 Å². The Labute approximate surface area is 179 Å². The second-order valence-corrected chi connectivity index (χ2v) is 15.0. The van der Waals surface area contributed by atoms with Gasteiger partial charge < -0.3 is 23.3 Å². The molecule has 0 aromatic heterocycles. The van der Waals surface area contributed by atoms with Crippen LogP contribution in [-0.4, -0.2) is 45.6 Å². The minimum Gasteiger partial charge on any atom is -0.496 e. The van der Waals surface area contributed by atoms with Gasteiger partial charge in [0.2, 0.25) is 0 Å². The van der Waals surface area contributed by atoms with Crippen LogP contribution in [0.1, 0.15) is 61.3 Å². The van der Waals surface area contributed by atoms with Crippen molar-refractivity contribution in [1.29, 1.82) is 0 Å². The molecule has 5 nitrogen and oxygen atoms in total. The van der Waals surface area contributed by atoms with Crippen molar-refractivity contribution in [2.45, 2.75) is 103 Å². The molecule has 166 valence electrons. The monoisotopic (exact) mass is 424 g/mol. The first kappa shape index (κ1) is 26.1. The molecule has 7 heteroatoms. The van der Waals surface area contributed by atoms with Gasteiger partial charge in [-0.15, -0.1) is 0 Å². The van der Waals surface area contributed by atoms with Crippen LogP contribution in [0.25, 0.3) is 0 Å². The SMILES string of the molecule is CC1(C)OB(C/C=C\O[C@H](C/C=C\CC=O)CO[Si](C)(C)C(C)(C)C)OC1(C)C. The van der Waals surface area contributed by atoms with Crippen molar-refractivity contribution < 1.29 is 23.3 Å². The van der Waals surface area contributed by atoms with E-state index in [0.29, 0.717) is 25.8 Å². The molecule has 1 atom stereocenters. The molecule has 1 saturated heterocycles. The highest BCUT2D eigenvalue weighted by Crippen LogP contribution is 2.38. The largest absolute Gasteiger partial charge is 0.496 e. The van der Waals surface area contributed by atoms with Gasteiger partial charge in [0.25, 0.3) is 0 Å². The zero-order chi connectivity index (χ0) is 22.3. The molecule has 0 saturated carbocycles. The predicted molar refractivity (Wildman–Crippen MR) is 122 cm³/mol. The quantitative estimate of drug-likeness (QED) is 0.189. The fourth-order valence-electron chi connectivity index (χ4n) is 2.48. The molecule has 0 aromatic rings. The lowest BCUT2D eigenvalue weighted by Gasteiger charge is -2.37. The van der Waals surface area contributed by atoms with Crippen LogP contribution >= 0.6 is 0 Å². The van der Waals surface area contributed by atoms with Crippen LogP contribution in [0, 0.1) is 0 Å². The van der Waals surface area contributed by atoms with E-state index < -0.39 is 8.32 Å². The number of allylic oxidation sites excluding steroid dienone is 2. The van der Waals surface area contributed by atoms with Crippen molar-refractivity contribution in [1.82, 2.24) is 0 Å². The molecule has 0 aliphatic carbocycles. The number of carbonyl (C=O) groups is 1. The Balaban J connectivity index is 2.60. The minimum absolute atomic E-state index is 0.0958. The van der Waals surface area contributed by atoms with Crippen molar-refractivity contribution in [2.75, 3.05) is 6.61 Å². The Morgan fingerprint density at radius 2 is 1.62 bits per heavy atom. The number of ether oxygens (including phenoxy) is 1. The molecule has 0 radical (unpaired) electrons. The summed E-state index contributed by atoms with van der Waals surface area (Å²) in [5.41, 5.74) is -0.648. The molecule has 1 aliphatic rings. The van der Waals surface area contributed by atoms with Gasteiger partial charge >= 0.3 is 7.12 Å². The maximum atomic E-state index is 10.5. The molecule has 1 aliphatic heterocycles. The fourth-order valence-corrected chi connectivity index (χ4v) is 3.51. The Morgan fingerprint density at radius 3 is 2.14 bits per heavy atom. The molecule has 0 bridgehead atoms. The second kappa shape index (κ2) is 10.4. The molecule has 1 rings (SSSR count). The van der Waals surface area contributed by atoms with E-state index in [1.807, 2.05) is 45.9 Å². The molecule has 1 heterocycles. The minimum atomic E-state index is -1.85. The Kier molecular flexibility index (Phi) is 9.40. The van der Waals surface area contributed by atoms with Gasteiger partial charge in [0.1, 0.15) is 12.4 Å². The molecule has 0 aromatic carbocycles. The van der Waals surface area contributed by atoms with Crippen LogP contribution in [0.5, 0.6) is 0 Å². The summed E-state index contributed by atoms with van der Waals surface area (Å²) in [4.78, 5) is 10.5. The molecular weight excluding hydrogens is 383 g/mol. The van der Waals surface area contributed by atoms with Crippen molar-refractivity contribution >= 4 is 21.7 Å². The summed E-state index contributed by atoms with van der Waals surface area (Å²) in [6.45, 7) is 19.9. The summed E-state index contributed by atoms with van der Waals surface area (Å²) in [5.74, 6) is 0. The van der Waals surface area contributed by atoms with E-state index in [2.05, 4.69) is 33.9 Å². The average Bonchev–Trinajstić information content (AvgIpc) is 2.78. The van der Waals surface area contributed by atoms with Crippen molar-refractivity contribution in [3.63, 3.8) is 0 Å². The summed E-state index contributed by atoms with van der Waals surface area (Å²) < 4.78 is 24.3. The highest BCUT2D eigenvalue weighted by molar-refractivity contribution is 6.74. The molecule has 0 unspecified atom stereocenters. The first-order valence-electron chi connectivity index (χ1n) is 10.6. The number of hydrogen-bond donors (Lipinski definition) is 0. The first-order chi connectivity index (χ1) is 13.2. The zero-order valence-electron chi connectivity index (χ0n) is 19.9. The molecular formula is C22H41BO5Si. The Bertz CT molecular complexity index is 562. The third-order valence-corrected chi connectivity index (χ3v) is 10.7. The lowest BCUT2D eigenvalue weighted by atomic mass is 9.85. The average molecular weight is 424 g/mol. The van der Waals surface area contributed by atoms with Gasteiger partial charge in [-0.3, -0.25) is 0 Å². The van der Waals surface area contributed by atoms with Gasteiger partial charge in [-0.05, 0) is 45.8 Å². The maximum absolute atomic E-state index is 10.5. The van der Waals surface area contributed by atoms with Gasteiger partial charge in [0.15, 0.2) is 8.32 Å². The van der Waals surface area contributed by atoms with E-state index in [1.54, 1.807) is 6.26 Å². The maximum Gasteiger partial charge on any atom is 0.461 e. The van der Waals surface area contributed by atoms with Gasteiger partial charge in [-0.25, -0.2) is 0 Å². The van der Waals surface area contributed by atoms with Crippen molar-refractivity contribution in [3.05, 3.63) is 24.5 Å². The van der Waals surface area contributed by atoms with E-state index in [4.69, 9.17) is 18.5 Å². The van der Waals surface area contributed by atoms with Gasteiger partial charge in [-0.2, -0.15) is 0 Å². The Hall–Kier alpha value is -0.888. The molecule has 29 heavy (non-hydrogen) atoms. The van der Waals surface area contributed by atoms with Crippen LogP contribution in [0.15, 0.2) is 24.5 Å². The summed E-state index contributed by atoms with van der Waals surface area (Å²) in [6, 6.07) is 0. The number of aldehydes is 1. The van der Waals surface area contributed by atoms with Crippen LogP contribution in [-0.2, 0) is 23.3 Å². The van der Waals surface area contributed by atoms with Crippen LogP contribution in [0.2, 0.25) is 24.5 Å². The van der Waals surface area contributed by atoms with Crippen LogP contribution < -0.4 is 0 Å². The Morgan fingerprint density at radius 1 is 1.03 bits per heavy atom. The number of carbonyl (C=O) groups excluding carboxylic acids is 1. The number of hydrogen-bond acceptors (Lipinski definition) is 5. The van der Waals surface area contributed by atoms with Gasteiger partial charge in [0.05, 0.1) is 24.1 Å². The van der Waals surface area contributed by atoms with Crippen molar-refractivity contribution in [2.24, 2.45) is 0 Å². The zero-order valence-corrected chi connectivity index (χ0v) is 20.9. The summed E-state index contributed by atoms with van der Waals surface area (Å²) >= 11 is 0. The molecule has 0 amide bonds. The highest BCUT2D eigenvalue weighted by Gasteiger charge is 2.50. The highest BCUT2D eigenvalue weighted by atomic mass is 28.4. The fraction of sp³-hybridized carbons (Fsp3) is 0.773. The third kappa shape index (κ3) is 8.04. The molecule has 0 N–H and O–H groups in total. The molecule has 0 spiro atoms. The lowest BCUT2D eigenvalue weighted by Crippen LogP contribution is -2.42. The van der Waals surface area contributed by atoms with Crippen LogP contribution in [0.4, 0.5) is 0 Å². The second-order valence-electron chi connectivity index (χ2n) is 10.2. The summed E-state index contributed by atoms with van der Waals surface area (Å²) in [7, 11) is -2.12. The summed E-state index contributed by atoms with van der Waals surface area (Å²) in [5, 5.41) is 0.150. The first-order valence-corrected chi connectivity index (χ1v) is 13.5. The standard InChI is InChI=1S/C22H41BO5Si/c1-20(2,3)29(8,9)26-18-19(14-11-10-12-16-24)25-17-13-15-23-27-21(4,5)22(6,7)28-23/h10-11,13,16-17,19H,12,14-15,18H2,1-9H3/b11-10-,17-13-/t19-/m1/s1. The van der Waals surface area contributed by atoms with Gasteiger partial charge in [-0.1, -0.05) is 39.0 Å². The predicted octanol–water partition coefficient (Wildman–Crippen LogP) is 5.53. The lowest BCUT2D eigenvalue weighted by molar-refractivity contribution is -0.107. The molecule has 1 fully saturated rings. The third-order valence-electron chi connectivity index (χ3n) is 6.23.